The fourth-order valence-corrected chi connectivity index (χ4v) is 6.89. The Morgan fingerprint density at radius 3 is 1.43 bits per heavy atom. The van der Waals surface area contributed by atoms with E-state index in [1.807, 2.05) is 48.6 Å². The van der Waals surface area contributed by atoms with Crippen LogP contribution in [0.3, 0.4) is 0 Å². The molecule has 0 unspecified atom stereocenters. The average molecular weight is 768 g/mol. The van der Waals surface area contributed by atoms with Gasteiger partial charge in [-0.15, -0.1) is 46.2 Å². The van der Waals surface area contributed by atoms with Crippen molar-refractivity contribution in [1.82, 2.24) is 0 Å². The van der Waals surface area contributed by atoms with Crippen LogP contribution in [0.5, 0.6) is 0 Å². The van der Waals surface area contributed by atoms with Gasteiger partial charge in [-0.3, -0.25) is 6.08 Å². The van der Waals surface area contributed by atoms with E-state index in [2.05, 4.69) is 110 Å². The normalized spacial score (nSPS) is 12.1. The minimum Gasteiger partial charge on any atom is -1.00 e. The molecule has 46 heavy (non-hydrogen) atoms. The van der Waals surface area contributed by atoms with Crippen LogP contribution in [0.2, 0.25) is 10.0 Å². The second-order valence-electron chi connectivity index (χ2n) is 13.6. The molecule has 0 N–H and O–H groups in total. The fraction of sp³-hybridized carbons (Fsp3) is 0.268. The zero-order valence-electron chi connectivity index (χ0n) is 28.0. The number of fused-ring (bicyclic) bond motifs is 3. The van der Waals surface area contributed by atoms with E-state index in [9.17, 15) is 0 Å². The van der Waals surface area contributed by atoms with Gasteiger partial charge in [0.05, 0.1) is 0 Å². The Balaban J connectivity index is 0.000000278. The van der Waals surface area contributed by atoms with Gasteiger partial charge in [-0.05, 0) is 24.7 Å². The molecular weight excluding hydrogens is 725 g/mol. The number of rotatable bonds is 2. The van der Waals surface area contributed by atoms with Crippen LogP contribution >= 0.6 is 23.2 Å². The summed E-state index contributed by atoms with van der Waals surface area (Å²) in [5, 5.41) is 7.08. The summed E-state index contributed by atoms with van der Waals surface area (Å²) < 4.78 is 1.26. The van der Waals surface area contributed by atoms with E-state index in [0.29, 0.717) is 0 Å². The first-order valence-electron chi connectivity index (χ1n) is 15.1. The van der Waals surface area contributed by atoms with Gasteiger partial charge in [-0.25, -0.2) is 12.2 Å². The van der Waals surface area contributed by atoms with E-state index < -0.39 is 0 Å². The van der Waals surface area contributed by atoms with Gasteiger partial charge >= 0.3 is 120 Å². The molecule has 1 aliphatic rings. The molecule has 5 heteroatoms. The van der Waals surface area contributed by atoms with E-state index in [0.717, 1.165) is 27.6 Å². The van der Waals surface area contributed by atoms with Crippen molar-refractivity contribution in [1.29, 1.82) is 0 Å². The summed E-state index contributed by atoms with van der Waals surface area (Å²) in [6.07, 6.45) is 10.0. The van der Waals surface area contributed by atoms with Gasteiger partial charge < -0.3 is 24.8 Å². The van der Waals surface area contributed by atoms with Gasteiger partial charge in [0.2, 0.25) is 0 Å². The number of hydrogen-bond donors (Lipinski definition) is 0. The van der Waals surface area contributed by atoms with E-state index in [-0.39, 0.29) is 35.6 Å². The molecule has 0 atom stereocenters. The first kappa shape index (κ1) is 40.3. The van der Waals surface area contributed by atoms with Gasteiger partial charge in [0.15, 0.2) is 0 Å². The Kier molecular flexibility index (Phi) is 14.9. The average Bonchev–Trinajstić information content (AvgIpc) is 3.62. The molecule has 0 aromatic heterocycles. The van der Waals surface area contributed by atoms with E-state index in [1.54, 1.807) is 0 Å². The summed E-state index contributed by atoms with van der Waals surface area (Å²) in [6, 6.07) is 27.7. The van der Waals surface area contributed by atoms with Crippen LogP contribution in [0.4, 0.5) is 0 Å². The Morgan fingerprint density at radius 1 is 0.696 bits per heavy atom. The van der Waals surface area contributed by atoms with Crippen LogP contribution in [-0.2, 0) is 35.1 Å². The molecule has 0 amide bonds. The maximum absolute atomic E-state index is 5.98. The topological polar surface area (TPSA) is 0 Å². The van der Waals surface area contributed by atoms with Crippen molar-refractivity contribution < 1.29 is 49.0 Å². The maximum atomic E-state index is 5.98. The van der Waals surface area contributed by atoms with Gasteiger partial charge in [-0.1, -0.05) is 75.9 Å². The van der Waals surface area contributed by atoms with Gasteiger partial charge in [0.1, 0.15) is 0 Å². The van der Waals surface area contributed by atoms with E-state index >= 15 is 0 Å². The predicted octanol–water partition coefficient (Wildman–Crippen LogP) is 6.35. The van der Waals surface area contributed by atoms with Crippen molar-refractivity contribution in [2.24, 2.45) is 0 Å². The third kappa shape index (κ3) is 10.3. The van der Waals surface area contributed by atoms with Crippen molar-refractivity contribution in [2.45, 2.75) is 72.6 Å². The standard InChI is InChI=1S/C23H29.C13H8Cl2.C5H5.2ClH.Zr/c1-14-9-16-11-17-10-15(2)21(23(6,7)8)13-19(17)18(16)12-20(14)22(3,4)5;14-12-5-1-3-10(8-12)7-11-4-2-6-13(15)9-11;1-2-4-5-3-1;;;/h9-13H,1-8H3;1-6,8-9H;1-3H,4H2;2*1H;/q-1;;-1;;;+2/p-2. The molecule has 0 spiro atoms. The summed E-state index contributed by atoms with van der Waals surface area (Å²) >= 11 is 13.3. The number of halogens is 4. The molecule has 0 aliphatic heterocycles. The van der Waals surface area contributed by atoms with E-state index in [4.69, 9.17) is 23.2 Å². The van der Waals surface area contributed by atoms with Crippen LogP contribution in [0.15, 0.2) is 97.1 Å². The third-order valence-electron chi connectivity index (χ3n) is 7.82. The molecule has 0 bridgehead atoms. The van der Waals surface area contributed by atoms with Crippen LogP contribution in [0.1, 0.15) is 81.3 Å². The summed E-state index contributed by atoms with van der Waals surface area (Å²) in [7, 11) is 0. The Bertz CT molecular complexity index is 1730. The molecule has 0 radical (unpaired) electrons. The quantitative estimate of drug-likeness (QED) is 0.184. The third-order valence-corrected chi connectivity index (χ3v) is 9.71. The Labute approximate surface area is 313 Å². The molecule has 5 aromatic carbocycles. The van der Waals surface area contributed by atoms with Crippen molar-refractivity contribution in [3.63, 3.8) is 0 Å². The Hall–Kier alpha value is -1.86. The molecule has 1 aliphatic carbocycles. The van der Waals surface area contributed by atoms with Crippen molar-refractivity contribution in [3.05, 3.63) is 147 Å². The summed E-state index contributed by atoms with van der Waals surface area (Å²) in [5.74, 6) is 0. The number of aryl methyl sites for hydroxylation is 2. The number of allylic oxidation sites excluding steroid dienone is 4. The molecule has 0 saturated carbocycles. The second-order valence-corrected chi connectivity index (χ2v) is 15.7. The SMILES string of the molecule is Cc1cc2[cH-]c3cc(C)c(C(C)(C)C)cc3c2cc1C(C)(C)C.Clc1cccc([C](=[Zr+2])c2cccc(Cl)c2)c1.[C-]1=CC=CC1.[Cl-].[Cl-]. The number of hydrogen-bond acceptors (Lipinski definition) is 0. The molecule has 0 fully saturated rings. The first-order valence-corrected chi connectivity index (χ1v) is 17.1. The second kappa shape index (κ2) is 17.0. The van der Waals surface area contributed by atoms with Crippen LogP contribution < -0.4 is 24.8 Å². The predicted molar refractivity (Wildman–Crippen MR) is 192 cm³/mol. The smallest absolute Gasteiger partial charge is 0.109 e. The summed E-state index contributed by atoms with van der Waals surface area (Å²) in [4.78, 5) is 0. The van der Waals surface area contributed by atoms with Gasteiger partial charge in [0, 0.05) is 0 Å². The van der Waals surface area contributed by atoms with Gasteiger partial charge in [0.25, 0.3) is 0 Å². The molecule has 0 saturated heterocycles. The molecular formula is C41H42Cl4Zr-2. The maximum Gasteiger partial charge on any atom is -0.109 e. The minimum atomic E-state index is 0. The fourth-order valence-electron chi connectivity index (χ4n) is 5.74. The Morgan fingerprint density at radius 2 is 1.13 bits per heavy atom. The van der Waals surface area contributed by atoms with Crippen molar-refractivity contribution in [2.75, 3.05) is 0 Å². The van der Waals surface area contributed by atoms with Crippen LogP contribution in [0, 0.1) is 19.9 Å². The monoisotopic (exact) mass is 764 g/mol. The summed E-state index contributed by atoms with van der Waals surface area (Å²) in [5.41, 5.74) is 8.38. The molecule has 0 nitrogen and oxygen atoms in total. The van der Waals surface area contributed by atoms with Gasteiger partial charge in [-0.2, -0.15) is 6.08 Å². The van der Waals surface area contributed by atoms with Crippen LogP contribution in [-0.4, -0.2) is 3.21 Å². The summed E-state index contributed by atoms with van der Waals surface area (Å²) in [6.45, 7) is 18.3. The zero-order chi connectivity index (χ0) is 32.2. The zero-order valence-corrected chi connectivity index (χ0v) is 33.4. The molecule has 5 aromatic rings. The largest absolute Gasteiger partial charge is 1.00 e. The van der Waals surface area contributed by atoms with Crippen molar-refractivity contribution in [3.8, 4) is 0 Å². The van der Waals surface area contributed by atoms with E-state index in [1.165, 1.54) is 71.2 Å². The first-order chi connectivity index (χ1) is 20.6. The molecule has 6 rings (SSSR count). The van der Waals surface area contributed by atoms with Crippen LogP contribution in [0.25, 0.3) is 21.5 Å². The molecule has 0 heterocycles. The van der Waals surface area contributed by atoms with Crippen molar-refractivity contribution >= 4 is 48.0 Å². The molecule has 240 valence electrons. The number of benzene rings is 4. The minimum absolute atomic E-state index is 0.